The number of alkyl halides is 2. The van der Waals surface area contributed by atoms with E-state index in [1.807, 2.05) is 0 Å². The normalized spacial score (nSPS) is 19.2. The molecular weight excluding hydrogens is 265 g/mol. The van der Waals surface area contributed by atoms with Gasteiger partial charge in [0.1, 0.15) is 5.82 Å². The van der Waals surface area contributed by atoms with Crippen molar-refractivity contribution in [1.29, 1.82) is 0 Å². The van der Waals surface area contributed by atoms with Crippen LogP contribution in [0.5, 0.6) is 0 Å². The Morgan fingerprint density at radius 1 is 1.22 bits per heavy atom. The fourth-order valence-electron chi connectivity index (χ4n) is 2.20. The lowest BCUT2D eigenvalue weighted by molar-refractivity contribution is 0.0164. The van der Waals surface area contributed by atoms with Crippen molar-refractivity contribution in [2.24, 2.45) is 0 Å². The van der Waals surface area contributed by atoms with Gasteiger partial charge in [0.2, 0.25) is 0 Å². The molecule has 0 aromatic heterocycles. The monoisotopic (exact) mass is 278 g/mol. The van der Waals surface area contributed by atoms with Crippen molar-refractivity contribution in [3.63, 3.8) is 0 Å². The van der Waals surface area contributed by atoms with Crippen LogP contribution in [0.15, 0.2) is 18.2 Å². The van der Waals surface area contributed by atoms with Crippen LogP contribution in [0.4, 0.5) is 13.2 Å². The van der Waals surface area contributed by atoms with Gasteiger partial charge in [0.05, 0.1) is 11.1 Å². The van der Waals surface area contributed by atoms with E-state index in [2.05, 4.69) is 5.32 Å². The number of piperazine rings is 1. The fourth-order valence-corrected chi connectivity index (χ4v) is 2.38. The van der Waals surface area contributed by atoms with Gasteiger partial charge in [0.25, 0.3) is 6.43 Å². The highest BCUT2D eigenvalue weighted by Crippen LogP contribution is 2.32. The topological polar surface area (TPSA) is 15.3 Å². The lowest BCUT2D eigenvalue weighted by atomic mass is 10.0. The molecule has 1 atom stereocenters. The van der Waals surface area contributed by atoms with E-state index in [1.54, 1.807) is 4.90 Å². The summed E-state index contributed by atoms with van der Waals surface area (Å²) in [5, 5.41) is 2.96. The first-order valence-electron chi connectivity index (χ1n) is 5.78. The molecule has 2 rings (SSSR count). The van der Waals surface area contributed by atoms with Crippen LogP contribution in [0.1, 0.15) is 11.6 Å². The summed E-state index contributed by atoms with van der Waals surface area (Å²) in [5.74, 6) is -0.747. The maximum atomic E-state index is 13.9. The van der Waals surface area contributed by atoms with Crippen LogP contribution in [0.3, 0.4) is 0 Å². The maximum Gasteiger partial charge on any atom is 0.258 e. The number of benzene rings is 1. The minimum absolute atomic E-state index is 0.0283. The number of nitrogens with zero attached hydrogens (tertiary/aromatic N) is 1. The Labute approximate surface area is 109 Å². The van der Waals surface area contributed by atoms with Crippen LogP contribution < -0.4 is 5.32 Å². The SMILES string of the molecule is Fc1c(Cl)cccc1[C@@H](C(F)F)N1CCNCC1. The summed E-state index contributed by atoms with van der Waals surface area (Å²) in [6.07, 6.45) is -2.64. The van der Waals surface area contributed by atoms with Crippen LogP contribution >= 0.6 is 11.6 Å². The third-order valence-corrected chi connectivity index (χ3v) is 3.38. The third-order valence-electron chi connectivity index (χ3n) is 3.08. The van der Waals surface area contributed by atoms with Crippen LogP contribution in [0.25, 0.3) is 0 Å². The van der Waals surface area contributed by atoms with Crippen LogP contribution in [0, 0.1) is 5.82 Å². The van der Waals surface area contributed by atoms with Gasteiger partial charge in [-0.2, -0.15) is 0 Å². The zero-order valence-corrected chi connectivity index (χ0v) is 10.4. The Balaban J connectivity index is 2.31. The molecule has 0 unspecified atom stereocenters. The average Bonchev–Trinajstić information content (AvgIpc) is 2.36. The van der Waals surface area contributed by atoms with Crippen LogP contribution in [-0.2, 0) is 0 Å². The molecule has 0 amide bonds. The van der Waals surface area contributed by atoms with Gasteiger partial charge in [-0.1, -0.05) is 23.7 Å². The molecule has 0 radical (unpaired) electrons. The fraction of sp³-hybridized carbons (Fsp3) is 0.500. The number of nitrogens with one attached hydrogen (secondary N) is 1. The van der Waals surface area contributed by atoms with E-state index in [9.17, 15) is 13.2 Å². The summed E-state index contributed by atoms with van der Waals surface area (Å²) in [6, 6.07) is 3.00. The van der Waals surface area contributed by atoms with Gasteiger partial charge in [-0.25, -0.2) is 13.2 Å². The van der Waals surface area contributed by atoms with Crippen LogP contribution in [0.2, 0.25) is 5.02 Å². The van der Waals surface area contributed by atoms with Crippen molar-refractivity contribution >= 4 is 11.6 Å². The number of halogens is 4. The molecule has 1 aromatic rings. The van der Waals surface area contributed by atoms with Crippen molar-refractivity contribution in [3.05, 3.63) is 34.6 Å². The highest BCUT2D eigenvalue weighted by atomic mass is 35.5. The first-order chi connectivity index (χ1) is 8.61. The molecule has 6 heteroatoms. The Bertz CT molecular complexity index is 408. The second-order valence-corrected chi connectivity index (χ2v) is 4.62. The van der Waals surface area contributed by atoms with Gasteiger partial charge >= 0.3 is 0 Å². The highest BCUT2D eigenvalue weighted by Gasteiger charge is 2.32. The summed E-state index contributed by atoms with van der Waals surface area (Å²) in [4.78, 5) is 1.59. The summed E-state index contributed by atoms with van der Waals surface area (Å²) >= 11 is 5.65. The van der Waals surface area contributed by atoms with Crippen molar-refractivity contribution in [3.8, 4) is 0 Å². The molecule has 0 aliphatic carbocycles. The second kappa shape index (κ2) is 5.91. The second-order valence-electron chi connectivity index (χ2n) is 4.21. The molecule has 0 saturated carbocycles. The van der Waals surface area contributed by atoms with E-state index in [4.69, 9.17) is 11.6 Å². The molecule has 1 heterocycles. The lowest BCUT2D eigenvalue weighted by Gasteiger charge is -2.34. The Hall–Kier alpha value is -0.780. The van der Waals surface area contributed by atoms with Gasteiger partial charge in [-0.3, -0.25) is 4.90 Å². The predicted molar refractivity (Wildman–Crippen MR) is 64.6 cm³/mol. The van der Waals surface area contributed by atoms with Gasteiger partial charge in [0, 0.05) is 31.7 Å². The summed E-state index contributed by atoms with van der Waals surface area (Å²) < 4.78 is 40.3. The number of hydrogen-bond acceptors (Lipinski definition) is 2. The van der Waals surface area contributed by atoms with E-state index >= 15 is 0 Å². The summed E-state index contributed by atoms with van der Waals surface area (Å²) in [5.41, 5.74) is -0.0283. The maximum absolute atomic E-state index is 13.9. The van der Waals surface area contributed by atoms with Gasteiger partial charge in [-0.05, 0) is 6.07 Å². The Morgan fingerprint density at radius 2 is 1.89 bits per heavy atom. The molecule has 1 aliphatic heterocycles. The van der Waals surface area contributed by atoms with Crippen molar-refractivity contribution in [2.45, 2.75) is 12.5 Å². The Kier molecular flexibility index (Phi) is 4.48. The van der Waals surface area contributed by atoms with Gasteiger partial charge in [-0.15, -0.1) is 0 Å². The van der Waals surface area contributed by atoms with E-state index in [1.165, 1.54) is 18.2 Å². The average molecular weight is 279 g/mol. The molecule has 1 aromatic carbocycles. The van der Waals surface area contributed by atoms with Crippen LogP contribution in [-0.4, -0.2) is 37.5 Å². The smallest absolute Gasteiger partial charge is 0.258 e. The van der Waals surface area contributed by atoms with E-state index in [0.717, 1.165) is 0 Å². The number of rotatable bonds is 3. The first-order valence-corrected chi connectivity index (χ1v) is 6.16. The molecule has 0 spiro atoms. The summed E-state index contributed by atoms with van der Waals surface area (Å²) in [6.45, 7) is 2.21. The minimum atomic E-state index is -2.64. The molecule has 1 saturated heterocycles. The van der Waals surface area contributed by atoms with Crippen molar-refractivity contribution in [2.75, 3.05) is 26.2 Å². The molecule has 2 nitrogen and oxygen atoms in total. The van der Waals surface area contributed by atoms with Crippen molar-refractivity contribution < 1.29 is 13.2 Å². The lowest BCUT2D eigenvalue weighted by Crippen LogP contribution is -2.47. The molecule has 1 aliphatic rings. The van der Waals surface area contributed by atoms with Gasteiger partial charge in [0.15, 0.2) is 0 Å². The molecular formula is C12H14ClF3N2. The highest BCUT2D eigenvalue weighted by molar-refractivity contribution is 6.30. The number of hydrogen-bond donors (Lipinski definition) is 1. The predicted octanol–water partition coefficient (Wildman–Crippen LogP) is 2.69. The van der Waals surface area contributed by atoms with Gasteiger partial charge < -0.3 is 5.32 Å². The molecule has 100 valence electrons. The molecule has 1 fully saturated rings. The van der Waals surface area contributed by atoms with E-state index in [0.29, 0.717) is 26.2 Å². The van der Waals surface area contributed by atoms with E-state index < -0.39 is 18.3 Å². The third kappa shape index (κ3) is 2.79. The summed E-state index contributed by atoms with van der Waals surface area (Å²) in [7, 11) is 0. The molecule has 18 heavy (non-hydrogen) atoms. The van der Waals surface area contributed by atoms with Crippen molar-refractivity contribution in [1.82, 2.24) is 10.2 Å². The Morgan fingerprint density at radius 3 is 2.50 bits per heavy atom. The largest absolute Gasteiger partial charge is 0.314 e. The molecule has 0 bridgehead atoms. The zero-order chi connectivity index (χ0) is 13.1. The van der Waals surface area contributed by atoms with E-state index in [-0.39, 0.29) is 10.6 Å². The standard InChI is InChI=1S/C12H14ClF3N2/c13-9-3-1-2-8(10(9)14)11(12(15)16)18-6-4-17-5-7-18/h1-3,11-12,17H,4-7H2/t11-/m0/s1. The quantitative estimate of drug-likeness (QED) is 0.914. The molecule has 1 N–H and O–H groups in total. The zero-order valence-electron chi connectivity index (χ0n) is 9.67. The minimum Gasteiger partial charge on any atom is -0.314 e. The first kappa shape index (κ1) is 13.6.